The van der Waals surface area contributed by atoms with Crippen LogP contribution in [0.2, 0.25) is 5.15 Å². The van der Waals surface area contributed by atoms with Gasteiger partial charge in [0, 0.05) is 24.9 Å². The third kappa shape index (κ3) is 4.64. The first-order chi connectivity index (χ1) is 11.2. The summed E-state index contributed by atoms with van der Waals surface area (Å²) in [6.07, 6.45) is 4.70. The normalized spacial score (nSPS) is 12.9. The van der Waals surface area contributed by atoms with Gasteiger partial charge in [0.15, 0.2) is 5.15 Å². The van der Waals surface area contributed by atoms with Crippen molar-refractivity contribution < 1.29 is 18.0 Å². The van der Waals surface area contributed by atoms with E-state index < -0.39 is 17.3 Å². The highest BCUT2D eigenvalue weighted by Gasteiger charge is 2.31. The van der Waals surface area contributed by atoms with Crippen LogP contribution in [0.4, 0.5) is 18.9 Å². The van der Waals surface area contributed by atoms with Gasteiger partial charge in [-0.15, -0.1) is 0 Å². The largest absolute Gasteiger partial charge is 0.441 e. The van der Waals surface area contributed by atoms with Gasteiger partial charge in [0.25, 0.3) is 0 Å². The first kappa shape index (κ1) is 18.6. The maximum absolute atomic E-state index is 12.3. The van der Waals surface area contributed by atoms with Crippen LogP contribution in [0.1, 0.15) is 6.92 Å². The Kier molecular flexibility index (Phi) is 5.76. The van der Waals surface area contributed by atoms with Crippen LogP contribution in [0.25, 0.3) is 5.69 Å². The highest BCUT2D eigenvalue weighted by molar-refractivity contribution is 8.00. The summed E-state index contributed by atoms with van der Waals surface area (Å²) in [7, 11) is 1.45. The molecule has 0 aromatic carbocycles. The van der Waals surface area contributed by atoms with Crippen LogP contribution in [0.5, 0.6) is 0 Å². The van der Waals surface area contributed by atoms with Crippen molar-refractivity contribution >= 4 is 35.0 Å². The molecule has 2 heterocycles. The van der Waals surface area contributed by atoms with E-state index in [1.54, 1.807) is 24.5 Å². The molecule has 0 aliphatic rings. The van der Waals surface area contributed by atoms with Crippen molar-refractivity contribution in [3.05, 3.63) is 35.9 Å². The second-order valence-electron chi connectivity index (χ2n) is 5.02. The van der Waals surface area contributed by atoms with Crippen LogP contribution < -0.4 is 4.90 Å². The number of carbonyl (C=O) groups excluding carboxylic acids is 1. The number of nitrogens with zero attached hydrogens (tertiary/aromatic N) is 4. The van der Waals surface area contributed by atoms with Gasteiger partial charge in [0.1, 0.15) is 5.69 Å². The van der Waals surface area contributed by atoms with Crippen molar-refractivity contribution in [2.75, 3.05) is 17.7 Å². The molecule has 1 atom stereocenters. The number of amides is 1. The SMILES string of the molecule is CC(CSC(F)(F)F)C(=O)N(C)c1cn(-c2cccnc2)nc1Cl. The quantitative estimate of drug-likeness (QED) is 0.794. The topological polar surface area (TPSA) is 51.0 Å². The molecular formula is C14H14ClF3N4OS. The Morgan fingerprint density at radius 3 is 2.79 bits per heavy atom. The van der Waals surface area contributed by atoms with Crippen molar-refractivity contribution in [3.8, 4) is 5.69 Å². The number of anilines is 1. The molecular weight excluding hydrogens is 365 g/mol. The summed E-state index contributed by atoms with van der Waals surface area (Å²) in [4.78, 5) is 17.5. The maximum atomic E-state index is 12.3. The lowest BCUT2D eigenvalue weighted by Gasteiger charge is -2.20. The van der Waals surface area contributed by atoms with Gasteiger partial charge in [-0.2, -0.15) is 18.3 Å². The van der Waals surface area contributed by atoms with E-state index in [2.05, 4.69) is 10.1 Å². The van der Waals surface area contributed by atoms with E-state index >= 15 is 0 Å². The Morgan fingerprint density at radius 2 is 2.21 bits per heavy atom. The minimum atomic E-state index is -4.37. The zero-order valence-electron chi connectivity index (χ0n) is 12.8. The lowest BCUT2D eigenvalue weighted by atomic mass is 10.2. The molecule has 1 amide bonds. The van der Waals surface area contributed by atoms with E-state index in [9.17, 15) is 18.0 Å². The Bertz CT molecular complexity index is 708. The average Bonchev–Trinajstić information content (AvgIpc) is 2.93. The number of hydrogen-bond donors (Lipinski definition) is 0. The van der Waals surface area contributed by atoms with Crippen molar-refractivity contribution in [2.24, 2.45) is 5.92 Å². The molecule has 0 aliphatic carbocycles. The predicted molar refractivity (Wildman–Crippen MR) is 87.5 cm³/mol. The lowest BCUT2D eigenvalue weighted by Crippen LogP contribution is -2.33. The number of aromatic nitrogens is 3. The molecule has 10 heteroatoms. The van der Waals surface area contributed by atoms with Crippen LogP contribution in [-0.4, -0.2) is 39.0 Å². The van der Waals surface area contributed by atoms with Crippen molar-refractivity contribution in [2.45, 2.75) is 12.4 Å². The Hall–Kier alpha value is -1.74. The van der Waals surface area contributed by atoms with E-state index in [0.29, 0.717) is 11.4 Å². The Balaban J connectivity index is 2.13. The summed E-state index contributed by atoms with van der Waals surface area (Å²) in [5.41, 5.74) is -3.41. The fraction of sp³-hybridized carbons (Fsp3) is 0.357. The number of alkyl halides is 3. The lowest BCUT2D eigenvalue weighted by molar-refractivity contribution is -0.121. The predicted octanol–water partition coefficient (Wildman–Crippen LogP) is 3.77. The molecule has 0 saturated heterocycles. The molecule has 2 aromatic rings. The minimum absolute atomic E-state index is 0.0744. The standard InChI is InChI=1S/C14H14ClF3N4OS/c1-9(8-24-14(16,17)18)13(23)21(2)11-7-22(20-12(11)15)10-4-3-5-19-6-10/h3-7,9H,8H2,1-2H3. The van der Waals surface area contributed by atoms with E-state index in [-0.39, 0.29) is 22.7 Å². The van der Waals surface area contributed by atoms with Gasteiger partial charge in [-0.1, -0.05) is 30.3 Å². The van der Waals surface area contributed by atoms with Crippen molar-refractivity contribution in [1.82, 2.24) is 14.8 Å². The molecule has 0 spiro atoms. The van der Waals surface area contributed by atoms with Gasteiger partial charge in [0.2, 0.25) is 5.91 Å². The van der Waals surface area contributed by atoms with Crippen LogP contribution in [0, 0.1) is 5.92 Å². The first-order valence-corrected chi connectivity index (χ1v) is 8.19. The van der Waals surface area contributed by atoms with Gasteiger partial charge in [-0.05, 0) is 12.1 Å². The fourth-order valence-corrected chi connectivity index (χ4v) is 2.77. The third-order valence-corrected chi connectivity index (χ3v) is 4.44. The molecule has 0 saturated carbocycles. The van der Waals surface area contributed by atoms with Gasteiger partial charge in [0.05, 0.1) is 18.1 Å². The highest BCUT2D eigenvalue weighted by Crippen LogP contribution is 2.33. The summed E-state index contributed by atoms with van der Waals surface area (Å²) < 4.78 is 38.2. The molecule has 2 rings (SSSR count). The Labute approximate surface area is 145 Å². The zero-order valence-corrected chi connectivity index (χ0v) is 14.4. The van der Waals surface area contributed by atoms with Gasteiger partial charge < -0.3 is 4.90 Å². The average molecular weight is 379 g/mol. The summed E-state index contributed by atoms with van der Waals surface area (Å²) in [6, 6.07) is 3.47. The maximum Gasteiger partial charge on any atom is 0.441 e. The first-order valence-electron chi connectivity index (χ1n) is 6.83. The smallest absolute Gasteiger partial charge is 0.311 e. The number of thioether (sulfide) groups is 1. The summed E-state index contributed by atoms with van der Waals surface area (Å²) >= 11 is 5.84. The monoisotopic (exact) mass is 378 g/mol. The third-order valence-electron chi connectivity index (χ3n) is 3.17. The molecule has 0 aliphatic heterocycles. The highest BCUT2D eigenvalue weighted by atomic mass is 35.5. The van der Waals surface area contributed by atoms with Gasteiger partial charge >= 0.3 is 5.51 Å². The fourth-order valence-electron chi connectivity index (χ4n) is 1.93. The summed E-state index contributed by atoms with van der Waals surface area (Å²) in [6.45, 7) is 1.44. The van der Waals surface area contributed by atoms with Crippen molar-refractivity contribution in [1.29, 1.82) is 0 Å². The van der Waals surface area contributed by atoms with Crippen LogP contribution in [-0.2, 0) is 4.79 Å². The molecule has 5 nitrogen and oxygen atoms in total. The Morgan fingerprint density at radius 1 is 1.50 bits per heavy atom. The number of carbonyl (C=O) groups is 1. The molecule has 0 fully saturated rings. The molecule has 130 valence electrons. The van der Waals surface area contributed by atoms with E-state index in [0.717, 1.165) is 0 Å². The van der Waals surface area contributed by atoms with E-state index in [1.165, 1.54) is 29.7 Å². The number of rotatable bonds is 5. The minimum Gasteiger partial charge on any atom is -0.311 e. The number of pyridine rings is 1. The molecule has 2 aromatic heterocycles. The summed E-state index contributed by atoms with van der Waals surface area (Å²) in [5, 5.41) is 4.17. The number of hydrogen-bond acceptors (Lipinski definition) is 4. The number of halogens is 4. The second-order valence-corrected chi connectivity index (χ2v) is 6.46. The van der Waals surface area contributed by atoms with E-state index in [1.807, 2.05) is 0 Å². The van der Waals surface area contributed by atoms with E-state index in [4.69, 9.17) is 11.6 Å². The van der Waals surface area contributed by atoms with Crippen LogP contribution >= 0.6 is 23.4 Å². The second kappa shape index (κ2) is 7.43. The molecule has 0 N–H and O–H groups in total. The molecule has 24 heavy (non-hydrogen) atoms. The van der Waals surface area contributed by atoms with Gasteiger partial charge in [-0.3, -0.25) is 9.78 Å². The van der Waals surface area contributed by atoms with Crippen molar-refractivity contribution in [3.63, 3.8) is 0 Å². The van der Waals surface area contributed by atoms with Gasteiger partial charge in [-0.25, -0.2) is 4.68 Å². The molecule has 0 bridgehead atoms. The molecule has 0 radical (unpaired) electrons. The molecule has 1 unspecified atom stereocenters. The zero-order chi connectivity index (χ0) is 17.9. The summed E-state index contributed by atoms with van der Waals surface area (Å²) in [5.74, 6) is -1.65. The van der Waals surface area contributed by atoms with Crippen LogP contribution in [0.15, 0.2) is 30.7 Å². The van der Waals surface area contributed by atoms with Crippen LogP contribution in [0.3, 0.4) is 0 Å².